The smallest absolute Gasteiger partial charge is 0.387 e. The number of carbonyl (C=O) groups is 1. The monoisotopic (exact) mass is 231 g/mol. The number of hydrogen-bond donors (Lipinski definition) is 2. The molecule has 1 rings (SSSR count). The van der Waals surface area contributed by atoms with Crippen molar-refractivity contribution in [3.63, 3.8) is 0 Å². The van der Waals surface area contributed by atoms with Gasteiger partial charge in [0, 0.05) is 6.54 Å². The Morgan fingerprint density at radius 3 is 2.75 bits per heavy atom. The second kappa shape index (κ2) is 6.02. The summed E-state index contributed by atoms with van der Waals surface area (Å²) < 4.78 is 28.2. The first-order valence-corrected chi connectivity index (χ1v) is 4.58. The number of nitrogens with one attached hydrogen (secondary N) is 1. The summed E-state index contributed by atoms with van der Waals surface area (Å²) in [5.41, 5.74) is 0.0104. The molecule has 0 aliphatic carbocycles. The highest BCUT2D eigenvalue weighted by atomic mass is 19.3. The van der Waals surface area contributed by atoms with Gasteiger partial charge in [0.2, 0.25) is 0 Å². The molecule has 0 aliphatic rings. The maximum Gasteiger partial charge on any atom is 0.387 e. The summed E-state index contributed by atoms with van der Waals surface area (Å²) in [7, 11) is 0. The minimum atomic E-state index is -2.98. The van der Waals surface area contributed by atoms with Crippen LogP contribution in [0.3, 0.4) is 0 Å². The van der Waals surface area contributed by atoms with Crippen LogP contribution in [0.4, 0.5) is 8.78 Å². The normalized spacial score (nSPS) is 10.2. The first-order valence-electron chi connectivity index (χ1n) is 4.58. The summed E-state index contributed by atoms with van der Waals surface area (Å²) in [6.07, 6.45) is 0. The number of para-hydroxylation sites is 1. The van der Waals surface area contributed by atoms with Crippen molar-refractivity contribution in [2.45, 2.75) is 6.61 Å². The van der Waals surface area contributed by atoms with Gasteiger partial charge in [-0.1, -0.05) is 12.1 Å². The standard InChI is InChI=1S/C10H11F2NO3/c11-10(12)16-8-4-2-1-3-7(8)9(15)13-5-6-14/h1-4,10,14H,5-6H2,(H,13,15). The zero-order chi connectivity index (χ0) is 12.0. The number of alkyl halides is 2. The van der Waals surface area contributed by atoms with Crippen molar-refractivity contribution in [2.24, 2.45) is 0 Å². The Hall–Kier alpha value is -1.69. The van der Waals surface area contributed by atoms with Gasteiger partial charge < -0.3 is 15.2 Å². The minimum absolute atomic E-state index is 0.0104. The van der Waals surface area contributed by atoms with E-state index in [4.69, 9.17) is 5.11 Å². The maximum atomic E-state index is 12.0. The molecule has 0 aromatic heterocycles. The van der Waals surface area contributed by atoms with Crippen LogP contribution in [0.2, 0.25) is 0 Å². The third-order valence-electron chi connectivity index (χ3n) is 1.75. The Kier molecular flexibility index (Phi) is 4.65. The SMILES string of the molecule is O=C(NCCO)c1ccccc1OC(F)F. The molecule has 0 aliphatic heterocycles. The third kappa shape index (κ3) is 3.47. The highest BCUT2D eigenvalue weighted by Crippen LogP contribution is 2.19. The highest BCUT2D eigenvalue weighted by Gasteiger charge is 2.14. The molecule has 0 saturated heterocycles. The molecular weight excluding hydrogens is 220 g/mol. The number of benzene rings is 1. The van der Waals surface area contributed by atoms with Crippen molar-refractivity contribution >= 4 is 5.91 Å². The first-order chi connectivity index (χ1) is 7.65. The number of carbonyl (C=O) groups excluding carboxylic acids is 1. The maximum absolute atomic E-state index is 12.0. The van der Waals surface area contributed by atoms with E-state index >= 15 is 0 Å². The fourth-order valence-electron chi connectivity index (χ4n) is 1.12. The van der Waals surface area contributed by atoms with Crippen LogP contribution in [0.15, 0.2) is 24.3 Å². The predicted octanol–water partition coefficient (Wildman–Crippen LogP) is 1.01. The molecule has 0 spiro atoms. The summed E-state index contributed by atoms with van der Waals surface area (Å²) in [4.78, 5) is 11.5. The number of rotatable bonds is 5. The van der Waals surface area contributed by atoms with Crippen molar-refractivity contribution < 1.29 is 23.4 Å². The Morgan fingerprint density at radius 1 is 1.44 bits per heavy atom. The Balaban J connectivity index is 2.81. The fraction of sp³-hybridized carbons (Fsp3) is 0.300. The molecule has 0 saturated carbocycles. The minimum Gasteiger partial charge on any atom is -0.434 e. The molecule has 6 heteroatoms. The van der Waals surface area contributed by atoms with E-state index in [1.165, 1.54) is 24.3 Å². The molecule has 0 radical (unpaired) electrons. The average molecular weight is 231 g/mol. The Labute approximate surface area is 90.8 Å². The third-order valence-corrected chi connectivity index (χ3v) is 1.75. The molecule has 0 heterocycles. The van der Waals surface area contributed by atoms with Gasteiger partial charge >= 0.3 is 6.61 Å². The van der Waals surface area contributed by atoms with Gasteiger partial charge in [0.05, 0.1) is 12.2 Å². The van der Waals surface area contributed by atoms with Crippen molar-refractivity contribution in [3.8, 4) is 5.75 Å². The lowest BCUT2D eigenvalue weighted by molar-refractivity contribution is -0.0501. The van der Waals surface area contributed by atoms with Crippen LogP contribution >= 0.6 is 0 Å². The second-order valence-corrected chi connectivity index (χ2v) is 2.85. The van der Waals surface area contributed by atoms with Crippen LogP contribution in [-0.2, 0) is 0 Å². The molecule has 16 heavy (non-hydrogen) atoms. The molecular formula is C10H11F2NO3. The van der Waals surface area contributed by atoms with Crippen LogP contribution in [0.1, 0.15) is 10.4 Å². The average Bonchev–Trinajstić information content (AvgIpc) is 2.26. The molecule has 0 unspecified atom stereocenters. The van der Waals surface area contributed by atoms with Gasteiger partial charge in [-0.05, 0) is 12.1 Å². The lowest BCUT2D eigenvalue weighted by Gasteiger charge is -2.09. The summed E-state index contributed by atoms with van der Waals surface area (Å²) in [5.74, 6) is -0.752. The molecule has 0 bridgehead atoms. The Morgan fingerprint density at radius 2 is 2.12 bits per heavy atom. The summed E-state index contributed by atoms with van der Waals surface area (Å²) >= 11 is 0. The number of aliphatic hydroxyl groups excluding tert-OH is 1. The van der Waals surface area contributed by atoms with Gasteiger partial charge in [0.15, 0.2) is 0 Å². The Bertz CT molecular complexity index is 358. The lowest BCUT2D eigenvalue weighted by atomic mass is 10.2. The van der Waals surface area contributed by atoms with Crippen molar-refractivity contribution in [3.05, 3.63) is 29.8 Å². The first kappa shape index (κ1) is 12.4. The van der Waals surface area contributed by atoms with Crippen molar-refractivity contribution in [1.82, 2.24) is 5.32 Å². The van der Waals surface area contributed by atoms with Gasteiger partial charge in [-0.2, -0.15) is 8.78 Å². The number of aliphatic hydroxyl groups is 1. The number of ether oxygens (including phenoxy) is 1. The summed E-state index contributed by atoms with van der Waals surface area (Å²) in [6, 6.07) is 5.66. The highest BCUT2D eigenvalue weighted by molar-refractivity contribution is 5.96. The van der Waals surface area contributed by atoms with Gasteiger partial charge in [0.25, 0.3) is 5.91 Å². The van der Waals surface area contributed by atoms with Gasteiger partial charge in [-0.3, -0.25) is 4.79 Å². The van der Waals surface area contributed by atoms with E-state index in [9.17, 15) is 13.6 Å². The molecule has 4 nitrogen and oxygen atoms in total. The van der Waals surface area contributed by atoms with Crippen LogP contribution in [0, 0.1) is 0 Å². The number of hydrogen-bond acceptors (Lipinski definition) is 3. The van der Waals surface area contributed by atoms with E-state index in [1.807, 2.05) is 0 Å². The van der Waals surface area contributed by atoms with Crippen LogP contribution in [-0.4, -0.2) is 30.8 Å². The van der Waals surface area contributed by atoms with E-state index < -0.39 is 12.5 Å². The van der Waals surface area contributed by atoms with Crippen molar-refractivity contribution in [2.75, 3.05) is 13.2 Å². The fourth-order valence-corrected chi connectivity index (χ4v) is 1.12. The number of amides is 1. The van der Waals surface area contributed by atoms with Gasteiger partial charge in [-0.25, -0.2) is 0 Å². The van der Waals surface area contributed by atoms with Crippen LogP contribution in [0.25, 0.3) is 0 Å². The number of halogens is 2. The van der Waals surface area contributed by atoms with Gasteiger partial charge in [-0.15, -0.1) is 0 Å². The molecule has 0 atom stereocenters. The van der Waals surface area contributed by atoms with E-state index in [2.05, 4.69) is 10.1 Å². The molecule has 1 aromatic carbocycles. The van der Waals surface area contributed by atoms with E-state index in [-0.39, 0.29) is 24.5 Å². The van der Waals surface area contributed by atoms with Crippen LogP contribution in [0.5, 0.6) is 5.75 Å². The molecule has 0 fully saturated rings. The van der Waals surface area contributed by atoms with Crippen molar-refractivity contribution in [1.29, 1.82) is 0 Å². The topological polar surface area (TPSA) is 58.6 Å². The quantitative estimate of drug-likeness (QED) is 0.795. The molecule has 2 N–H and O–H groups in total. The second-order valence-electron chi connectivity index (χ2n) is 2.85. The van der Waals surface area contributed by atoms with E-state index in [0.29, 0.717) is 0 Å². The zero-order valence-corrected chi connectivity index (χ0v) is 8.32. The molecule has 1 amide bonds. The van der Waals surface area contributed by atoms with E-state index in [1.54, 1.807) is 0 Å². The van der Waals surface area contributed by atoms with Gasteiger partial charge in [0.1, 0.15) is 5.75 Å². The summed E-state index contributed by atoms with van der Waals surface area (Å²) in [5, 5.41) is 10.9. The molecule has 88 valence electrons. The predicted molar refractivity (Wildman–Crippen MR) is 52.5 cm³/mol. The zero-order valence-electron chi connectivity index (χ0n) is 8.32. The largest absolute Gasteiger partial charge is 0.434 e. The lowest BCUT2D eigenvalue weighted by Crippen LogP contribution is -2.27. The molecule has 1 aromatic rings. The van der Waals surface area contributed by atoms with E-state index in [0.717, 1.165) is 0 Å². The summed E-state index contributed by atoms with van der Waals surface area (Å²) in [6.45, 7) is -3.14. The van der Waals surface area contributed by atoms with Crippen LogP contribution < -0.4 is 10.1 Å².